The van der Waals surface area contributed by atoms with Gasteiger partial charge in [-0.1, -0.05) is 0 Å². The molecule has 84 valence electrons. The summed E-state index contributed by atoms with van der Waals surface area (Å²) in [7, 11) is 3.22. The van der Waals surface area contributed by atoms with Crippen LogP contribution in [0.3, 0.4) is 0 Å². The summed E-state index contributed by atoms with van der Waals surface area (Å²) in [6.45, 7) is 0. The van der Waals surface area contributed by atoms with Crippen LogP contribution < -0.4 is 14.8 Å². The molecule has 0 saturated carbocycles. The molecule has 0 radical (unpaired) electrons. The number of H-pyrrole nitrogens is 1. The molecule has 1 aromatic carbocycles. The molecule has 5 nitrogen and oxygen atoms in total. The van der Waals surface area contributed by atoms with Gasteiger partial charge in [-0.25, -0.2) is 0 Å². The van der Waals surface area contributed by atoms with Crippen molar-refractivity contribution in [1.29, 1.82) is 0 Å². The quantitative estimate of drug-likeness (QED) is 0.827. The Bertz CT molecular complexity index is 454. The highest BCUT2D eigenvalue weighted by Gasteiger charge is 2.04. The highest BCUT2D eigenvalue weighted by Crippen LogP contribution is 2.30. The van der Waals surface area contributed by atoms with Gasteiger partial charge in [0.15, 0.2) is 11.5 Å². The first kappa shape index (κ1) is 10.4. The number of aromatic amines is 1. The SMILES string of the molecule is COc1ccc(Nc2ccn[nH]2)cc1OC. The van der Waals surface area contributed by atoms with Gasteiger partial charge in [0.05, 0.1) is 20.4 Å². The number of aromatic nitrogens is 2. The maximum Gasteiger partial charge on any atom is 0.162 e. The van der Waals surface area contributed by atoms with Crippen LogP contribution in [0.5, 0.6) is 11.5 Å². The van der Waals surface area contributed by atoms with E-state index in [1.54, 1.807) is 20.4 Å². The normalized spacial score (nSPS) is 9.88. The maximum absolute atomic E-state index is 5.21. The van der Waals surface area contributed by atoms with Gasteiger partial charge >= 0.3 is 0 Å². The van der Waals surface area contributed by atoms with Crippen LogP contribution in [-0.4, -0.2) is 24.4 Å². The van der Waals surface area contributed by atoms with Gasteiger partial charge in [-0.05, 0) is 12.1 Å². The molecule has 0 aliphatic rings. The van der Waals surface area contributed by atoms with Gasteiger partial charge in [-0.2, -0.15) is 5.10 Å². The number of hydrogen-bond donors (Lipinski definition) is 2. The van der Waals surface area contributed by atoms with Gasteiger partial charge in [0, 0.05) is 17.8 Å². The van der Waals surface area contributed by atoms with Crippen LogP contribution >= 0.6 is 0 Å². The Morgan fingerprint density at radius 2 is 1.94 bits per heavy atom. The Morgan fingerprint density at radius 3 is 2.56 bits per heavy atom. The summed E-state index contributed by atoms with van der Waals surface area (Å²) in [4.78, 5) is 0. The first-order chi connectivity index (χ1) is 7.83. The van der Waals surface area contributed by atoms with Crippen molar-refractivity contribution in [1.82, 2.24) is 10.2 Å². The fourth-order valence-electron chi connectivity index (χ4n) is 1.39. The number of anilines is 2. The molecule has 0 bridgehead atoms. The molecule has 5 heteroatoms. The Kier molecular flexibility index (Phi) is 2.95. The van der Waals surface area contributed by atoms with Crippen molar-refractivity contribution in [3.05, 3.63) is 30.5 Å². The number of hydrogen-bond acceptors (Lipinski definition) is 4. The topological polar surface area (TPSA) is 59.2 Å². The molecule has 1 heterocycles. The summed E-state index contributed by atoms with van der Waals surface area (Å²) < 4.78 is 10.4. The summed E-state index contributed by atoms with van der Waals surface area (Å²) >= 11 is 0. The van der Waals surface area contributed by atoms with Crippen LogP contribution in [0.2, 0.25) is 0 Å². The molecular formula is C11H13N3O2. The number of methoxy groups -OCH3 is 2. The minimum Gasteiger partial charge on any atom is -0.493 e. The van der Waals surface area contributed by atoms with Crippen molar-refractivity contribution in [2.75, 3.05) is 19.5 Å². The Morgan fingerprint density at radius 1 is 1.12 bits per heavy atom. The van der Waals surface area contributed by atoms with E-state index in [1.807, 2.05) is 24.3 Å². The van der Waals surface area contributed by atoms with Gasteiger partial charge < -0.3 is 14.8 Å². The zero-order valence-electron chi connectivity index (χ0n) is 9.15. The molecule has 0 aliphatic heterocycles. The second-order valence-electron chi connectivity index (χ2n) is 3.17. The summed E-state index contributed by atoms with van der Waals surface area (Å²) in [5.41, 5.74) is 0.905. The molecule has 0 fully saturated rings. The number of rotatable bonds is 4. The van der Waals surface area contributed by atoms with Crippen LogP contribution in [0.1, 0.15) is 0 Å². The van der Waals surface area contributed by atoms with Gasteiger partial charge in [-0.15, -0.1) is 0 Å². The molecule has 0 atom stereocenters. The van der Waals surface area contributed by atoms with E-state index in [4.69, 9.17) is 9.47 Å². The predicted octanol–water partition coefficient (Wildman–Crippen LogP) is 2.17. The van der Waals surface area contributed by atoms with Gasteiger partial charge in [0.1, 0.15) is 5.82 Å². The highest BCUT2D eigenvalue weighted by molar-refractivity contribution is 5.61. The molecule has 0 amide bonds. The van der Waals surface area contributed by atoms with E-state index < -0.39 is 0 Å². The molecule has 0 saturated heterocycles. The predicted molar refractivity (Wildman–Crippen MR) is 61.4 cm³/mol. The zero-order chi connectivity index (χ0) is 11.4. The van der Waals surface area contributed by atoms with Crippen molar-refractivity contribution in [3.63, 3.8) is 0 Å². The number of nitrogens with zero attached hydrogens (tertiary/aromatic N) is 1. The van der Waals surface area contributed by atoms with E-state index in [-0.39, 0.29) is 0 Å². The van der Waals surface area contributed by atoms with E-state index in [0.717, 1.165) is 11.5 Å². The highest BCUT2D eigenvalue weighted by atomic mass is 16.5. The third-order valence-corrected chi connectivity index (χ3v) is 2.16. The largest absolute Gasteiger partial charge is 0.493 e. The van der Waals surface area contributed by atoms with E-state index in [2.05, 4.69) is 15.5 Å². The summed E-state index contributed by atoms with van der Waals surface area (Å²) in [6, 6.07) is 7.45. The molecule has 2 aromatic rings. The molecule has 16 heavy (non-hydrogen) atoms. The van der Waals surface area contributed by atoms with E-state index >= 15 is 0 Å². The Labute approximate surface area is 93.4 Å². The second-order valence-corrected chi connectivity index (χ2v) is 3.17. The van der Waals surface area contributed by atoms with Crippen LogP contribution in [-0.2, 0) is 0 Å². The molecule has 2 N–H and O–H groups in total. The van der Waals surface area contributed by atoms with Gasteiger partial charge in [0.2, 0.25) is 0 Å². The van der Waals surface area contributed by atoms with Crippen molar-refractivity contribution in [2.45, 2.75) is 0 Å². The molecular weight excluding hydrogens is 206 g/mol. The van der Waals surface area contributed by atoms with Crippen LogP contribution in [0, 0.1) is 0 Å². The number of ether oxygens (including phenoxy) is 2. The molecule has 0 aliphatic carbocycles. The van der Waals surface area contributed by atoms with Crippen molar-refractivity contribution in [2.24, 2.45) is 0 Å². The average Bonchev–Trinajstić information content (AvgIpc) is 2.81. The average molecular weight is 219 g/mol. The molecule has 1 aromatic heterocycles. The third-order valence-electron chi connectivity index (χ3n) is 2.16. The summed E-state index contributed by atoms with van der Waals surface area (Å²) in [6.07, 6.45) is 1.68. The first-order valence-corrected chi connectivity index (χ1v) is 4.82. The van der Waals surface area contributed by atoms with E-state index in [9.17, 15) is 0 Å². The van der Waals surface area contributed by atoms with Crippen molar-refractivity contribution >= 4 is 11.5 Å². The lowest BCUT2D eigenvalue weighted by atomic mass is 10.2. The fraction of sp³-hybridized carbons (Fsp3) is 0.182. The van der Waals surface area contributed by atoms with Crippen LogP contribution in [0.4, 0.5) is 11.5 Å². The standard InChI is InChI=1S/C11H13N3O2/c1-15-9-4-3-8(7-10(9)16-2)13-11-5-6-12-14-11/h3-7H,1-2H3,(H2,12,13,14). The van der Waals surface area contributed by atoms with E-state index in [0.29, 0.717) is 11.5 Å². The molecule has 2 rings (SSSR count). The molecule has 0 unspecified atom stereocenters. The lowest BCUT2D eigenvalue weighted by Gasteiger charge is -2.10. The van der Waals surface area contributed by atoms with Crippen LogP contribution in [0.25, 0.3) is 0 Å². The third kappa shape index (κ3) is 2.08. The monoisotopic (exact) mass is 219 g/mol. The Balaban J connectivity index is 2.22. The summed E-state index contributed by atoms with van der Waals surface area (Å²) in [5, 5.41) is 9.83. The fourth-order valence-corrected chi connectivity index (χ4v) is 1.39. The minimum absolute atomic E-state index is 0.687. The second kappa shape index (κ2) is 4.57. The lowest BCUT2D eigenvalue weighted by molar-refractivity contribution is 0.355. The minimum atomic E-state index is 0.687. The Hall–Kier alpha value is -2.17. The van der Waals surface area contributed by atoms with Crippen molar-refractivity contribution in [3.8, 4) is 11.5 Å². The van der Waals surface area contributed by atoms with Gasteiger partial charge in [-0.3, -0.25) is 5.10 Å². The van der Waals surface area contributed by atoms with Crippen molar-refractivity contribution < 1.29 is 9.47 Å². The lowest BCUT2D eigenvalue weighted by Crippen LogP contribution is -1.94. The smallest absolute Gasteiger partial charge is 0.162 e. The maximum atomic E-state index is 5.21. The zero-order valence-corrected chi connectivity index (χ0v) is 9.15. The first-order valence-electron chi connectivity index (χ1n) is 4.82. The summed E-state index contributed by atoms with van der Waals surface area (Å²) in [5.74, 6) is 2.22. The number of nitrogens with one attached hydrogen (secondary N) is 2. The van der Waals surface area contributed by atoms with Crippen LogP contribution in [0.15, 0.2) is 30.5 Å². The molecule has 0 spiro atoms. The number of benzene rings is 1. The van der Waals surface area contributed by atoms with Gasteiger partial charge in [0.25, 0.3) is 0 Å². The van der Waals surface area contributed by atoms with E-state index in [1.165, 1.54) is 0 Å².